The Bertz CT molecular complexity index is 491. The van der Waals surface area contributed by atoms with Gasteiger partial charge in [-0.3, -0.25) is 4.79 Å². The van der Waals surface area contributed by atoms with E-state index >= 15 is 0 Å². The van der Waals surface area contributed by atoms with Crippen LogP contribution in [-0.4, -0.2) is 42.2 Å². The van der Waals surface area contributed by atoms with Gasteiger partial charge in [-0.15, -0.1) is 0 Å². The van der Waals surface area contributed by atoms with Crippen molar-refractivity contribution in [1.82, 2.24) is 4.90 Å². The Morgan fingerprint density at radius 1 is 1.33 bits per heavy atom. The van der Waals surface area contributed by atoms with E-state index in [1.54, 1.807) is 11.8 Å². The number of hydrogen-bond donors (Lipinski definition) is 2. The number of aliphatic hydroxyl groups is 1. The summed E-state index contributed by atoms with van der Waals surface area (Å²) in [6, 6.07) is 2.14. The number of benzene rings is 1. The molecule has 0 aromatic heterocycles. The van der Waals surface area contributed by atoms with Crippen molar-refractivity contribution in [3.63, 3.8) is 0 Å². The standard InChI is InChI=1S/C15H20F2N2O2/c1-2-18-14-12(16)7-11(8-13(14)17)15(21)19-5-3-10(9-20)4-6-19/h7-8,10,18,20H,2-6,9H2,1H3. The van der Waals surface area contributed by atoms with Crippen LogP contribution in [0.3, 0.4) is 0 Å². The van der Waals surface area contributed by atoms with Gasteiger partial charge in [-0.05, 0) is 37.8 Å². The molecule has 1 aromatic carbocycles. The lowest BCUT2D eigenvalue weighted by Crippen LogP contribution is -2.39. The van der Waals surface area contributed by atoms with Gasteiger partial charge in [-0.2, -0.15) is 0 Å². The summed E-state index contributed by atoms with van der Waals surface area (Å²) in [5.74, 6) is -1.68. The molecule has 1 aliphatic heterocycles. The van der Waals surface area contributed by atoms with Gasteiger partial charge in [0, 0.05) is 31.8 Å². The van der Waals surface area contributed by atoms with Crippen molar-refractivity contribution >= 4 is 11.6 Å². The van der Waals surface area contributed by atoms with E-state index in [1.807, 2.05) is 0 Å². The molecule has 2 N–H and O–H groups in total. The summed E-state index contributed by atoms with van der Waals surface area (Å²) < 4.78 is 27.7. The smallest absolute Gasteiger partial charge is 0.254 e. The number of nitrogens with zero attached hydrogens (tertiary/aromatic N) is 1. The summed E-state index contributed by atoms with van der Waals surface area (Å²) in [7, 11) is 0. The fourth-order valence-corrected chi connectivity index (χ4v) is 2.54. The molecule has 1 aromatic rings. The zero-order valence-electron chi connectivity index (χ0n) is 12.0. The molecule has 0 aliphatic carbocycles. The molecule has 2 rings (SSSR count). The Kier molecular flexibility index (Phi) is 5.12. The number of halogens is 2. The first-order valence-electron chi connectivity index (χ1n) is 7.19. The third kappa shape index (κ3) is 3.50. The van der Waals surface area contributed by atoms with Crippen LogP contribution in [0, 0.1) is 17.6 Å². The fraction of sp³-hybridized carbons (Fsp3) is 0.533. The molecule has 0 atom stereocenters. The summed E-state index contributed by atoms with van der Waals surface area (Å²) >= 11 is 0. The van der Waals surface area contributed by atoms with E-state index in [4.69, 9.17) is 5.11 Å². The molecule has 1 heterocycles. The van der Waals surface area contributed by atoms with Crippen molar-refractivity contribution in [2.45, 2.75) is 19.8 Å². The number of piperidine rings is 1. The van der Waals surface area contributed by atoms with Crippen molar-refractivity contribution in [2.24, 2.45) is 5.92 Å². The largest absolute Gasteiger partial charge is 0.396 e. The molecule has 1 fully saturated rings. The highest BCUT2D eigenvalue weighted by molar-refractivity contribution is 5.94. The zero-order chi connectivity index (χ0) is 15.4. The van der Waals surface area contributed by atoms with E-state index < -0.39 is 11.6 Å². The second-order valence-electron chi connectivity index (χ2n) is 5.26. The average molecular weight is 298 g/mol. The number of rotatable bonds is 4. The molecule has 4 nitrogen and oxygen atoms in total. The predicted molar refractivity (Wildman–Crippen MR) is 76.2 cm³/mol. The first-order chi connectivity index (χ1) is 10.1. The third-order valence-corrected chi connectivity index (χ3v) is 3.80. The Hall–Kier alpha value is -1.69. The van der Waals surface area contributed by atoms with Crippen molar-refractivity contribution in [3.8, 4) is 0 Å². The third-order valence-electron chi connectivity index (χ3n) is 3.80. The topological polar surface area (TPSA) is 52.6 Å². The van der Waals surface area contributed by atoms with Gasteiger partial charge in [0.15, 0.2) is 0 Å². The maximum absolute atomic E-state index is 13.8. The molecule has 21 heavy (non-hydrogen) atoms. The predicted octanol–water partition coefficient (Wildman–Crippen LogP) is 2.24. The summed E-state index contributed by atoms with van der Waals surface area (Å²) in [4.78, 5) is 13.9. The number of anilines is 1. The summed E-state index contributed by atoms with van der Waals surface area (Å²) in [5, 5.41) is 11.7. The van der Waals surface area contributed by atoms with Gasteiger partial charge in [-0.1, -0.05) is 0 Å². The van der Waals surface area contributed by atoms with Gasteiger partial charge in [0.05, 0.1) is 0 Å². The number of likely N-dealkylation sites (tertiary alicyclic amines) is 1. The lowest BCUT2D eigenvalue weighted by molar-refractivity contribution is 0.0650. The Labute approximate surface area is 122 Å². The molecule has 0 spiro atoms. The summed E-state index contributed by atoms with van der Waals surface area (Å²) in [6.45, 7) is 3.26. The minimum Gasteiger partial charge on any atom is -0.396 e. The van der Waals surface area contributed by atoms with Crippen LogP contribution in [0.4, 0.5) is 14.5 Å². The molecule has 6 heteroatoms. The number of hydrogen-bond acceptors (Lipinski definition) is 3. The number of amides is 1. The number of nitrogens with one attached hydrogen (secondary N) is 1. The lowest BCUT2D eigenvalue weighted by Gasteiger charge is -2.31. The molecule has 0 bridgehead atoms. The highest BCUT2D eigenvalue weighted by atomic mass is 19.1. The van der Waals surface area contributed by atoms with Crippen LogP contribution in [0.1, 0.15) is 30.1 Å². The molecule has 1 amide bonds. The fourth-order valence-electron chi connectivity index (χ4n) is 2.54. The highest BCUT2D eigenvalue weighted by Crippen LogP contribution is 2.23. The van der Waals surface area contributed by atoms with E-state index in [0.29, 0.717) is 32.5 Å². The zero-order valence-corrected chi connectivity index (χ0v) is 12.0. The van der Waals surface area contributed by atoms with Gasteiger partial charge in [-0.25, -0.2) is 8.78 Å². The summed E-state index contributed by atoms with van der Waals surface area (Å²) in [5.41, 5.74) is -0.179. The van der Waals surface area contributed by atoms with Crippen LogP contribution >= 0.6 is 0 Å². The van der Waals surface area contributed by atoms with Crippen LogP contribution in [-0.2, 0) is 0 Å². The van der Waals surface area contributed by atoms with Crippen LogP contribution in [0.2, 0.25) is 0 Å². The van der Waals surface area contributed by atoms with E-state index in [2.05, 4.69) is 5.32 Å². The Morgan fingerprint density at radius 3 is 2.38 bits per heavy atom. The van der Waals surface area contributed by atoms with Gasteiger partial charge in [0.1, 0.15) is 17.3 Å². The van der Waals surface area contributed by atoms with Crippen molar-refractivity contribution in [3.05, 3.63) is 29.3 Å². The second kappa shape index (κ2) is 6.85. The van der Waals surface area contributed by atoms with Gasteiger partial charge >= 0.3 is 0 Å². The minimum absolute atomic E-state index is 0.0223. The quantitative estimate of drug-likeness (QED) is 0.896. The van der Waals surface area contributed by atoms with Crippen molar-refractivity contribution in [2.75, 3.05) is 31.6 Å². The van der Waals surface area contributed by atoms with E-state index in [-0.39, 0.29) is 29.7 Å². The molecule has 0 saturated carbocycles. The maximum Gasteiger partial charge on any atom is 0.254 e. The molecule has 1 saturated heterocycles. The first-order valence-corrected chi connectivity index (χ1v) is 7.19. The number of carbonyl (C=O) groups excluding carboxylic acids is 1. The average Bonchev–Trinajstić information content (AvgIpc) is 2.50. The van der Waals surface area contributed by atoms with E-state index in [9.17, 15) is 13.6 Å². The Balaban J connectivity index is 2.13. The van der Waals surface area contributed by atoms with Crippen LogP contribution in [0.15, 0.2) is 12.1 Å². The monoisotopic (exact) mass is 298 g/mol. The summed E-state index contributed by atoms with van der Waals surface area (Å²) in [6.07, 6.45) is 1.42. The SMILES string of the molecule is CCNc1c(F)cc(C(=O)N2CCC(CO)CC2)cc1F. The molecule has 0 unspecified atom stereocenters. The Morgan fingerprint density at radius 2 is 1.90 bits per heavy atom. The molecule has 116 valence electrons. The minimum atomic E-state index is -0.759. The van der Waals surface area contributed by atoms with Crippen molar-refractivity contribution in [1.29, 1.82) is 0 Å². The van der Waals surface area contributed by atoms with Gasteiger partial charge < -0.3 is 15.3 Å². The highest BCUT2D eigenvalue weighted by Gasteiger charge is 2.24. The van der Waals surface area contributed by atoms with Crippen molar-refractivity contribution < 1.29 is 18.7 Å². The normalized spacial score (nSPS) is 16.1. The molecular weight excluding hydrogens is 278 g/mol. The molecular formula is C15H20F2N2O2. The lowest BCUT2D eigenvalue weighted by atomic mass is 9.97. The first kappa shape index (κ1) is 15.7. The second-order valence-corrected chi connectivity index (χ2v) is 5.26. The molecule has 1 aliphatic rings. The maximum atomic E-state index is 13.8. The number of carbonyl (C=O) groups is 1. The van der Waals surface area contributed by atoms with E-state index in [0.717, 1.165) is 12.1 Å². The van der Waals surface area contributed by atoms with Crippen LogP contribution in [0.25, 0.3) is 0 Å². The van der Waals surface area contributed by atoms with Crippen LogP contribution < -0.4 is 5.32 Å². The molecule has 0 radical (unpaired) electrons. The van der Waals surface area contributed by atoms with Gasteiger partial charge in [0.25, 0.3) is 5.91 Å². The number of aliphatic hydroxyl groups excluding tert-OH is 1. The van der Waals surface area contributed by atoms with E-state index in [1.165, 1.54) is 0 Å². The van der Waals surface area contributed by atoms with Crippen LogP contribution in [0.5, 0.6) is 0 Å². The van der Waals surface area contributed by atoms with Gasteiger partial charge in [0.2, 0.25) is 0 Å².